The predicted octanol–water partition coefficient (Wildman–Crippen LogP) is 6.64. The Morgan fingerprint density at radius 1 is 1.06 bits per heavy atom. The zero-order chi connectivity index (χ0) is 37.8. The maximum Gasteiger partial charge on any atom is 0.429 e. The molecule has 2 fully saturated rings. The van der Waals surface area contributed by atoms with E-state index in [1.807, 2.05) is 13.8 Å². The maximum absolute atomic E-state index is 13.9. The first-order valence-corrected chi connectivity index (χ1v) is 17.9. The van der Waals surface area contributed by atoms with Gasteiger partial charge in [0, 0.05) is 41.9 Å². The molecule has 2 saturated carbocycles. The molecule has 4 aromatic carbocycles. The molecule has 4 aliphatic carbocycles. The van der Waals surface area contributed by atoms with E-state index < -0.39 is 76.3 Å². The Balaban J connectivity index is 1.13. The fourth-order valence-electron chi connectivity index (χ4n) is 10.6. The van der Waals surface area contributed by atoms with Gasteiger partial charge in [0.1, 0.15) is 11.7 Å². The molecule has 1 unspecified atom stereocenters. The SMILES string of the molecule is [3H]C(O)C1=C[C@H]2[C@@H]3C(C)(C)[C@]3(O/C(O)=C\[N+]#N)[C@H](OC(=O)CCCc3ccc4ccc5cccc6ccc3c4c56)[C@@H](C)[C@]2(O)[C@@H]2C=C(C)C(=O)[C@@]2(O)C1. The topological polar surface area (TPSA) is 162 Å². The van der Waals surface area contributed by atoms with Gasteiger partial charge in [0.25, 0.3) is 0 Å². The lowest BCUT2D eigenvalue weighted by molar-refractivity contribution is -0.228. The third-order valence-corrected chi connectivity index (χ3v) is 13.0. The molecular weight excluding hydrogens is 660 g/mol. The zero-order valence-corrected chi connectivity index (χ0v) is 29.5. The summed E-state index contributed by atoms with van der Waals surface area (Å²) >= 11 is 0. The molecule has 9 atom stereocenters. The number of carbonyl (C=O) groups excluding carboxylic acids is 2. The van der Waals surface area contributed by atoms with Crippen LogP contribution in [-0.2, 0) is 25.5 Å². The molecule has 0 spiro atoms. The van der Waals surface area contributed by atoms with Crippen molar-refractivity contribution < 1.29 is 40.9 Å². The molecule has 10 heteroatoms. The lowest BCUT2D eigenvalue weighted by Crippen LogP contribution is -2.66. The summed E-state index contributed by atoms with van der Waals surface area (Å²) in [6, 6.07) is 19.0. The summed E-state index contributed by atoms with van der Waals surface area (Å²) in [5.74, 6) is -5.70. The standard InChI is InChI=1S/C42H42N2O8/c1-22-17-31-40(49,37(22)48)19-24(21-45)18-30-36-39(3,4)42(36,52-33(47)20-44-43)38(23(2)41(30,31)50)51-32(46)10-6-7-25-11-12-28-14-13-26-8-5-9-27-15-16-29(25)35(28)34(26)27/h5,8-9,11-18,20,23,30-31,36,38,45,49-50H,6-7,10,19,21H2,1-4H3/p+1/b33-20-/t23-,30+,31-,36-,38-,40-,41-,42-/m1/s1/i21T/t21?,23-,30+,31-,36-,38-,40-,41-,42-. The van der Waals surface area contributed by atoms with Crippen molar-refractivity contribution in [3.63, 3.8) is 0 Å². The molecule has 10 nitrogen and oxygen atoms in total. The number of fused-ring (bicyclic) bond motifs is 5. The normalized spacial score (nSPS) is 34.3. The van der Waals surface area contributed by atoms with Crippen LogP contribution in [-0.4, -0.2) is 61.7 Å². The van der Waals surface area contributed by atoms with Gasteiger partial charge in [-0.15, -0.1) is 0 Å². The molecule has 0 saturated heterocycles. The number of hydrogen-bond donors (Lipinski definition) is 4. The number of esters is 1. The second kappa shape index (κ2) is 11.6. The van der Waals surface area contributed by atoms with Crippen LogP contribution >= 0.6 is 0 Å². The lowest BCUT2D eigenvalue weighted by atomic mass is 9.59. The molecule has 268 valence electrons. The zero-order valence-electron chi connectivity index (χ0n) is 30.5. The monoisotopic (exact) mass is 705 g/mol. The van der Waals surface area contributed by atoms with E-state index in [0.29, 0.717) is 19.0 Å². The number of aryl methyl sites for hydroxylation is 1. The van der Waals surface area contributed by atoms with Gasteiger partial charge in [-0.1, -0.05) is 87.5 Å². The number of ether oxygens (including phenoxy) is 2. The van der Waals surface area contributed by atoms with Gasteiger partial charge in [0.2, 0.25) is 5.39 Å². The predicted molar refractivity (Wildman–Crippen MR) is 194 cm³/mol. The summed E-state index contributed by atoms with van der Waals surface area (Å²) in [5, 5.41) is 62.4. The average molecular weight is 706 g/mol. The van der Waals surface area contributed by atoms with E-state index in [1.54, 1.807) is 26.0 Å². The smallest absolute Gasteiger partial charge is 0.429 e. The summed E-state index contributed by atoms with van der Waals surface area (Å²) in [7, 11) is 0. The van der Waals surface area contributed by atoms with Crippen molar-refractivity contribution in [3.8, 4) is 0 Å². The lowest BCUT2D eigenvalue weighted by Gasteiger charge is -2.53. The average Bonchev–Trinajstić information content (AvgIpc) is 3.54. The van der Waals surface area contributed by atoms with Crippen LogP contribution in [0.15, 0.2) is 90.0 Å². The number of rotatable bonds is 8. The highest BCUT2D eigenvalue weighted by Crippen LogP contribution is 2.77. The number of Topliss-reactive ketones (excluding diaryl/α,β-unsaturated/α-hetero) is 1. The van der Waals surface area contributed by atoms with Gasteiger partial charge in [-0.25, -0.2) is 0 Å². The number of aliphatic hydroxyl groups excluding tert-OH is 2. The Labute approximate surface area is 302 Å². The van der Waals surface area contributed by atoms with Gasteiger partial charge in [0.05, 0.1) is 13.6 Å². The van der Waals surface area contributed by atoms with Crippen LogP contribution in [0.2, 0.25) is 0 Å². The Kier molecular flexibility index (Phi) is 7.37. The van der Waals surface area contributed by atoms with E-state index in [9.17, 15) is 35.4 Å². The minimum absolute atomic E-state index is 0.0297. The van der Waals surface area contributed by atoms with Crippen LogP contribution in [0.3, 0.4) is 0 Å². The molecule has 0 bridgehead atoms. The van der Waals surface area contributed by atoms with Crippen LogP contribution in [0.5, 0.6) is 0 Å². The third-order valence-electron chi connectivity index (χ3n) is 13.0. The van der Waals surface area contributed by atoms with E-state index in [4.69, 9.17) is 10.8 Å². The highest BCUT2D eigenvalue weighted by Gasteiger charge is 2.88. The molecule has 52 heavy (non-hydrogen) atoms. The van der Waals surface area contributed by atoms with Crippen LogP contribution < -0.4 is 0 Å². The minimum Gasteiger partial charge on any atom is -0.476 e. The van der Waals surface area contributed by atoms with E-state index >= 15 is 0 Å². The number of aliphatic hydroxyl groups is 4. The number of carbonyl (C=O) groups is 2. The Morgan fingerprint density at radius 3 is 2.42 bits per heavy atom. The Morgan fingerprint density at radius 2 is 1.73 bits per heavy atom. The molecule has 0 radical (unpaired) electrons. The highest BCUT2D eigenvalue weighted by molar-refractivity contribution is 6.23. The van der Waals surface area contributed by atoms with Gasteiger partial charge < -0.3 is 29.9 Å². The first-order chi connectivity index (χ1) is 25.1. The quantitative estimate of drug-likeness (QED) is 0.0518. The molecule has 8 rings (SSSR count). The van der Waals surface area contributed by atoms with Crippen LogP contribution in [0.1, 0.15) is 53.9 Å². The van der Waals surface area contributed by atoms with E-state index in [2.05, 4.69) is 59.6 Å². The van der Waals surface area contributed by atoms with E-state index in [-0.39, 0.29) is 24.0 Å². The van der Waals surface area contributed by atoms with E-state index in [0.717, 1.165) is 16.3 Å². The van der Waals surface area contributed by atoms with Crippen molar-refractivity contribution in [1.82, 2.24) is 0 Å². The molecule has 4 aromatic rings. The van der Waals surface area contributed by atoms with Gasteiger partial charge in [0.15, 0.2) is 16.4 Å². The molecule has 0 heterocycles. The van der Waals surface area contributed by atoms with Crippen molar-refractivity contribution >= 4 is 44.1 Å². The summed E-state index contributed by atoms with van der Waals surface area (Å²) in [6.07, 6.45) is 3.30. The Bertz CT molecular complexity index is 2330. The molecule has 0 aliphatic heterocycles. The van der Waals surface area contributed by atoms with Gasteiger partial charge >= 0.3 is 18.1 Å². The summed E-state index contributed by atoms with van der Waals surface area (Å²) in [4.78, 5) is 30.3. The van der Waals surface area contributed by atoms with Crippen molar-refractivity contribution in [2.75, 3.05) is 6.58 Å². The fourth-order valence-corrected chi connectivity index (χ4v) is 10.6. The van der Waals surface area contributed by atoms with Gasteiger partial charge in [-0.05, 0) is 68.8 Å². The van der Waals surface area contributed by atoms with Crippen molar-refractivity contribution in [1.29, 1.82) is 5.39 Å². The van der Waals surface area contributed by atoms with Gasteiger partial charge in [-0.2, -0.15) is 0 Å². The van der Waals surface area contributed by atoms with Gasteiger partial charge in [-0.3, -0.25) is 9.59 Å². The number of diazo groups is 1. The van der Waals surface area contributed by atoms with Crippen LogP contribution in [0.25, 0.3) is 37.3 Å². The van der Waals surface area contributed by atoms with Crippen LogP contribution in [0.4, 0.5) is 0 Å². The molecule has 4 N–H and O–H groups in total. The van der Waals surface area contributed by atoms with Crippen molar-refractivity contribution in [2.45, 2.75) is 76.3 Å². The van der Waals surface area contributed by atoms with Crippen molar-refractivity contribution in [2.24, 2.45) is 29.1 Å². The summed E-state index contributed by atoms with van der Waals surface area (Å²) in [5.41, 5.74) is -5.05. The minimum atomic E-state index is -2.15. The third kappa shape index (κ3) is 4.49. The highest BCUT2D eigenvalue weighted by atomic mass is 16.6. The first kappa shape index (κ1) is 33.0. The number of benzene rings is 4. The largest absolute Gasteiger partial charge is 0.476 e. The second-order valence-electron chi connectivity index (χ2n) is 15.9. The second-order valence-corrected chi connectivity index (χ2v) is 15.9. The number of ketones is 1. The van der Waals surface area contributed by atoms with Crippen molar-refractivity contribution in [3.05, 3.63) is 101 Å². The number of nitrogens with zero attached hydrogens (tertiary/aromatic N) is 2. The fraction of sp³-hybridized carbons (Fsp3) is 0.429. The molecular formula is C42H43N2O8+. The molecule has 0 amide bonds. The maximum atomic E-state index is 13.9. The first-order valence-electron chi connectivity index (χ1n) is 18.4. The Hall–Kier alpha value is -4.82. The molecule has 4 aliphatic rings. The van der Waals surface area contributed by atoms with Crippen LogP contribution in [0, 0.1) is 34.5 Å². The summed E-state index contributed by atoms with van der Waals surface area (Å²) in [6.45, 7) is 5.09. The summed E-state index contributed by atoms with van der Waals surface area (Å²) < 4.78 is 20.7. The van der Waals surface area contributed by atoms with E-state index in [1.165, 1.54) is 21.5 Å². The molecule has 0 aromatic heterocycles. The number of hydrogen-bond acceptors (Lipinski definition) is 9.